The lowest BCUT2D eigenvalue weighted by Crippen LogP contribution is -2.42. The molecule has 0 radical (unpaired) electrons. The Kier molecular flexibility index (Phi) is 8.56. The number of hydrogen-bond acceptors (Lipinski definition) is 4. The van der Waals surface area contributed by atoms with Crippen molar-refractivity contribution in [3.8, 4) is 11.5 Å². The summed E-state index contributed by atoms with van der Waals surface area (Å²) in [6.45, 7) is 11.7. The fraction of sp³-hybridized carbons (Fsp3) is 0.556. The van der Waals surface area contributed by atoms with Crippen LogP contribution in [0.5, 0.6) is 11.5 Å². The van der Waals surface area contributed by atoms with Crippen molar-refractivity contribution in [3.63, 3.8) is 0 Å². The number of aromatic hydroxyl groups is 1. The summed E-state index contributed by atoms with van der Waals surface area (Å²) in [4.78, 5) is 0. The number of fused-ring (bicyclic) bond motifs is 1. The summed E-state index contributed by atoms with van der Waals surface area (Å²) in [5, 5.41) is 31.8. The highest BCUT2D eigenvalue weighted by molar-refractivity contribution is 5.63. The maximum absolute atomic E-state index is 10.9. The van der Waals surface area contributed by atoms with E-state index in [1.165, 1.54) is 11.1 Å². The second kappa shape index (κ2) is 10.5. The molecule has 4 heteroatoms. The largest absolute Gasteiger partial charge is 0.508 e. The molecule has 1 aliphatic heterocycles. The number of phenols is 1. The molecule has 2 rings (SSSR count). The van der Waals surface area contributed by atoms with Gasteiger partial charge in [0.25, 0.3) is 0 Å². The number of benzene rings is 1. The number of ether oxygens (including phenoxy) is 1. The van der Waals surface area contributed by atoms with Gasteiger partial charge < -0.3 is 20.1 Å². The Bertz CT molecular complexity index is 843. The van der Waals surface area contributed by atoms with Gasteiger partial charge in [-0.15, -0.1) is 0 Å². The second-order valence-corrected chi connectivity index (χ2v) is 9.81. The number of allylic oxidation sites excluding steroid dienone is 4. The van der Waals surface area contributed by atoms with Crippen LogP contribution in [0.1, 0.15) is 84.3 Å². The number of rotatable bonds is 0. The maximum atomic E-state index is 10.9. The fourth-order valence-electron chi connectivity index (χ4n) is 3.80. The van der Waals surface area contributed by atoms with E-state index in [1.807, 2.05) is 20.8 Å². The molecule has 0 spiro atoms. The molecule has 0 saturated carbocycles. The molecule has 2 atom stereocenters. The third-order valence-electron chi connectivity index (χ3n) is 6.06. The lowest BCUT2D eigenvalue weighted by atomic mass is 9.93. The second-order valence-electron chi connectivity index (χ2n) is 9.81. The SMILES string of the molecule is C/C1=C\CCC(C)(O)/C=C/c2cc(O)cc(C)c2OC(C)(C)C(O)CC/C(C)=C/CC1. The van der Waals surface area contributed by atoms with E-state index in [1.54, 1.807) is 31.2 Å². The van der Waals surface area contributed by atoms with Gasteiger partial charge in [-0.05, 0) is 97.8 Å². The lowest BCUT2D eigenvalue weighted by Gasteiger charge is -2.33. The van der Waals surface area contributed by atoms with Crippen LogP contribution in [0, 0.1) is 6.92 Å². The zero-order valence-electron chi connectivity index (χ0n) is 20.0. The van der Waals surface area contributed by atoms with Crippen LogP contribution >= 0.6 is 0 Å². The Balaban J connectivity index is 2.43. The first-order chi connectivity index (χ1) is 14.4. The van der Waals surface area contributed by atoms with Crippen molar-refractivity contribution >= 4 is 6.08 Å². The highest BCUT2D eigenvalue weighted by atomic mass is 16.5. The van der Waals surface area contributed by atoms with Crippen molar-refractivity contribution in [2.75, 3.05) is 0 Å². The van der Waals surface area contributed by atoms with E-state index < -0.39 is 17.3 Å². The quantitative estimate of drug-likeness (QED) is 0.428. The van der Waals surface area contributed by atoms with Crippen molar-refractivity contribution in [1.29, 1.82) is 0 Å². The maximum Gasteiger partial charge on any atom is 0.130 e. The molecule has 0 amide bonds. The van der Waals surface area contributed by atoms with Crippen LogP contribution < -0.4 is 4.74 Å². The van der Waals surface area contributed by atoms with Gasteiger partial charge in [-0.25, -0.2) is 0 Å². The molecule has 31 heavy (non-hydrogen) atoms. The molecular formula is C27H40O4. The van der Waals surface area contributed by atoms with E-state index in [4.69, 9.17) is 4.74 Å². The van der Waals surface area contributed by atoms with Crippen LogP contribution in [0.2, 0.25) is 0 Å². The summed E-state index contributed by atoms with van der Waals surface area (Å²) in [5.74, 6) is 0.752. The van der Waals surface area contributed by atoms with Crippen molar-refractivity contribution in [2.24, 2.45) is 0 Å². The monoisotopic (exact) mass is 428 g/mol. The van der Waals surface area contributed by atoms with E-state index in [0.29, 0.717) is 24.2 Å². The molecule has 1 aromatic rings. The minimum Gasteiger partial charge on any atom is -0.508 e. The molecule has 0 bridgehead atoms. The van der Waals surface area contributed by atoms with E-state index in [0.717, 1.165) is 31.2 Å². The highest BCUT2D eigenvalue weighted by Gasteiger charge is 2.31. The zero-order chi connectivity index (χ0) is 23.2. The van der Waals surface area contributed by atoms with Crippen LogP contribution in [0.4, 0.5) is 0 Å². The van der Waals surface area contributed by atoms with E-state index in [9.17, 15) is 15.3 Å². The molecule has 1 heterocycles. The van der Waals surface area contributed by atoms with Crippen molar-refractivity contribution in [2.45, 2.75) is 97.4 Å². The van der Waals surface area contributed by atoms with Gasteiger partial charge in [0.1, 0.15) is 17.1 Å². The summed E-state index contributed by atoms with van der Waals surface area (Å²) in [7, 11) is 0. The van der Waals surface area contributed by atoms with Gasteiger partial charge in [0.05, 0.1) is 11.7 Å². The van der Waals surface area contributed by atoms with Gasteiger partial charge >= 0.3 is 0 Å². The standard InChI is InChI=1S/C27H40O4/c1-19-9-7-10-20(2)12-13-24(29)26(4,5)31-25-21(3)17-23(28)18-22(25)14-16-27(6,30)15-8-11-19/h10-11,14,16-18,24,28-30H,7-9,12-13,15H2,1-6H3/b16-14+,19-11+,20-10+. The predicted octanol–water partition coefficient (Wildman–Crippen LogP) is 6.23. The Morgan fingerprint density at radius 2 is 1.61 bits per heavy atom. The molecule has 2 unspecified atom stereocenters. The minimum absolute atomic E-state index is 0.143. The van der Waals surface area contributed by atoms with Gasteiger partial charge in [-0.2, -0.15) is 0 Å². The Hall–Kier alpha value is -2.04. The van der Waals surface area contributed by atoms with Crippen LogP contribution in [0.25, 0.3) is 6.08 Å². The molecule has 1 aliphatic rings. The molecular weight excluding hydrogens is 388 g/mol. The average Bonchev–Trinajstić information content (AvgIpc) is 2.66. The van der Waals surface area contributed by atoms with Gasteiger partial charge in [-0.1, -0.05) is 35.5 Å². The fourth-order valence-corrected chi connectivity index (χ4v) is 3.80. The Labute approximate surface area is 188 Å². The number of aliphatic hydroxyl groups excluding tert-OH is 1. The molecule has 0 fully saturated rings. The van der Waals surface area contributed by atoms with Gasteiger partial charge in [0.2, 0.25) is 0 Å². The van der Waals surface area contributed by atoms with Gasteiger partial charge in [0, 0.05) is 5.56 Å². The number of hydrogen-bond donors (Lipinski definition) is 3. The van der Waals surface area contributed by atoms with Crippen molar-refractivity contribution in [3.05, 3.63) is 52.6 Å². The van der Waals surface area contributed by atoms with Gasteiger partial charge in [-0.3, -0.25) is 0 Å². The molecule has 0 saturated heterocycles. The van der Waals surface area contributed by atoms with E-state index in [2.05, 4.69) is 26.0 Å². The first-order valence-corrected chi connectivity index (χ1v) is 11.3. The normalized spacial score (nSPS) is 30.4. The highest BCUT2D eigenvalue weighted by Crippen LogP contribution is 2.35. The first kappa shape index (κ1) is 25.2. The molecule has 3 N–H and O–H groups in total. The molecule has 0 aromatic heterocycles. The summed E-state index contributed by atoms with van der Waals surface area (Å²) in [6.07, 6.45) is 12.2. The Morgan fingerprint density at radius 3 is 2.32 bits per heavy atom. The minimum atomic E-state index is -0.982. The zero-order valence-corrected chi connectivity index (χ0v) is 20.0. The van der Waals surface area contributed by atoms with Crippen LogP contribution in [0.3, 0.4) is 0 Å². The molecule has 172 valence electrons. The number of aryl methyl sites for hydroxylation is 1. The molecule has 4 nitrogen and oxygen atoms in total. The lowest BCUT2D eigenvalue weighted by molar-refractivity contribution is -0.0325. The van der Waals surface area contributed by atoms with Crippen LogP contribution in [0.15, 0.2) is 41.5 Å². The molecule has 1 aromatic carbocycles. The van der Waals surface area contributed by atoms with Crippen LogP contribution in [-0.4, -0.2) is 32.6 Å². The third kappa shape index (κ3) is 7.86. The first-order valence-electron chi connectivity index (χ1n) is 11.3. The predicted molar refractivity (Wildman–Crippen MR) is 128 cm³/mol. The number of aliphatic hydroxyl groups is 2. The summed E-state index contributed by atoms with van der Waals surface area (Å²) in [5.41, 5.74) is 2.27. The van der Waals surface area contributed by atoms with Crippen LogP contribution in [-0.2, 0) is 0 Å². The summed E-state index contributed by atoms with van der Waals surface area (Å²) in [6, 6.07) is 3.28. The topological polar surface area (TPSA) is 69.9 Å². The van der Waals surface area contributed by atoms with E-state index in [-0.39, 0.29) is 5.75 Å². The third-order valence-corrected chi connectivity index (χ3v) is 6.06. The van der Waals surface area contributed by atoms with E-state index >= 15 is 0 Å². The number of phenolic OH excluding ortho intramolecular Hbond substituents is 1. The van der Waals surface area contributed by atoms with Crippen molar-refractivity contribution in [1.82, 2.24) is 0 Å². The van der Waals surface area contributed by atoms with Gasteiger partial charge in [0.15, 0.2) is 0 Å². The average molecular weight is 429 g/mol. The smallest absolute Gasteiger partial charge is 0.130 e. The summed E-state index contributed by atoms with van der Waals surface area (Å²) >= 11 is 0. The Morgan fingerprint density at radius 1 is 0.968 bits per heavy atom. The molecule has 0 aliphatic carbocycles. The summed E-state index contributed by atoms with van der Waals surface area (Å²) < 4.78 is 6.32. The van der Waals surface area contributed by atoms with Crippen molar-refractivity contribution < 1.29 is 20.1 Å².